The molecule has 0 fully saturated rings. The van der Waals surface area contributed by atoms with Crippen LogP contribution in [0, 0.1) is 0 Å². The van der Waals surface area contributed by atoms with Crippen LogP contribution in [0.5, 0.6) is 34.5 Å². The van der Waals surface area contributed by atoms with Gasteiger partial charge in [-0.1, -0.05) is 12.2 Å². The Bertz CT molecular complexity index is 772. The van der Waals surface area contributed by atoms with Crippen LogP contribution in [0.1, 0.15) is 11.1 Å². The number of methoxy groups -OCH3 is 3. The second kappa shape index (κ2) is 7.25. The van der Waals surface area contributed by atoms with Crippen molar-refractivity contribution < 1.29 is 28.8 Å². The highest BCUT2D eigenvalue weighted by atomic mass is 16.7. The van der Waals surface area contributed by atoms with Crippen LogP contribution >= 0.6 is 0 Å². The first-order chi connectivity index (χ1) is 12.2. The number of aromatic hydroxyl groups is 1. The lowest BCUT2D eigenvalue weighted by Gasteiger charge is -2.12. The third-order valence-corrected chi connectivity index (χ3v) is 3.91. The number of phenolic OH excluding ortho intramolecular Hbond substituents is 1. The number of benzene rings is 2. The summed E-state index contributed by atoms with van der Waals surface area (Å²) in [5.74, 6) is 3.12. The molecule has 0 saturated carbocycles. The number of fused-ring (bicyclic) bond motifs is 1. The maximum absolute atomic E-state index is 10.1. The van der Waals surface area contributed by atoms with Crippen molar-refractivity contribution in [3.05, 3.63) is 41.5 Å². The van der Waals surface area contributed by atoms with Crippen molar-refractivity contribution in [1.82, 2.24) is 0 Å². The van der Waals surface area contributed by atoms with E-state index in [-0.39, 0.29) is 12.5 Å². The molecule has 1 aliphatic heterocycles. The Morgan fingerprint density at radius 2 is 1.60 bits per heavy atom. The first-order valence-corrected chi connectivity index (χ1v) is 7.74. The van der Waals surface area contributed by atoms with Gasteiger partial charge in [-0.2, -0.15) is 0 Å². The molecule has 2 aromatic carbocycles. The lowest BCUT2D eigenvalue weighted by molar-refractivity contribution is 0.174. The van der Waals surface area contributed by atoms with Crippen molar-refractivity contribution in [3.63, 3.8) is 0 Å². The highest BCUT2D eigenvalue weighted by Crippen LogP contribution is 2.39. The Morgan fingerprint density at radius 1 is 0.960 bits per heavy atom. The summed E-state index contributed by atoms with van der Waals surface area (Å²) in [7, 11) is 4.73. The Balaban J connectivity index is 1.81. The van der Waals surface area contributed by atoms with E-state index in [1.165, 1.54) is 0 Å². The van der Waals surface area contributed by atoms with E-state index >= 15 is 0 Å². The third kappa shape index (κ3) is 3.42. The van der Waals surface area contributed by atoms with Gasteiger partial charge in [0, 0.05) is 11.6 Å². The summed E-state index contributed by atoms with van der Waals surface area (Å²) in [6.45, 7) is 0.180. The van der Waals surface area contributed by atoms with Gasteiger partial charge in [0.2, 0.25) is 12.5 Å². The lowest BCUT2D eigenvalue weighted by atomic mass is 10.1. The van der Waals surface area contributed by atoms with Crippen LogP contribution in [0.2, 0.25) is 0 Å². The van der Waals surface area contributed by atoms with Gasteiger partial charge in [-0.15, -0.1) is 0 Å². The van der Waals surface area contributed by atoms with Gasteiger partial charge in [0.25, 0.3) is 0 Å². The zero-order chi connectivity index (χ0) is 17.8. The molecule has 1 heterocycles. The lowest BCUT2D eigenvalue weighted by Crippen LogP contribution is -1.95. The predicted octanol–water partition coefficient (Wildman–Crippen LogP) is 3.40. The highest BCUT2D eigenvalue weighted by molar-refractivity contribution is 5.62. The SMILES string of the molecule is COc1cc(C=CCc2cc3c(cc2O)OCO3)cc(OC)c1OC. The quantitative estimate of drug-likeness (QED) is 0.866. The molecule has 0 aromatic heterocycles. The normalized spacial score (nSPS) is 12.4. The molecular weight excluding hydrogens is 324 g/mol. The summed E-state index contributed by atoms with van der Waals surface area (Å²) in [5.41, 5.74) is 1.66. The second-order valence-electron chi connectivity index (χ2n) is 5.40. The standard InChI is InChI=1S/C19H20O6/c1-21-17-7-12(8-18(22-2)19(17)23-3)5-4-6-13-9-15-16(10-14(13)20)25-11-24-15/h4-5,7-10,20H,6,11H2,1-3H3. The van der Waals surface area contributed by atoms with E-state index < -0.39 is 0 Å². The summed E-state index contributed by atoms with van der Waals surface area (Å²) in [6, 6.07) is 7.08. The number of hydrogen-bond donors (Lipinski definition) is 1. The minimum absolute atomic E-state index is 0.179. The predicted molar refractivity (Wildman–Crippen MR) is 93.1 cm³/mol. The first-order valence-electron chi connectivity index (χ1n) is 7.74. The van der Waals surface area contributed by atoms with E-state index in [4.69, 9.17) is 23.7 Å². The molecule has 6 nitrogen and oxygen atoms in total. The molecule has 0 aliphatic carbocycles. The number of allylic oxidation sites excluding steroid dienone is 1. The zero-order valence-electron chi connectivity index (χ0n) is 14.4. The molecule has 1 aliphatic rings. The Kier molecular flexibility index (Phi) is 4.88. The van der Waals surface area contributed by atoms with Gasteiger partial charge in [0.05, 0.1) is 21.3 Å². The van der Waals surface area contributed by atoms with Crippen molar-refractivity contribution in [2.24, 2.45) is 0 Å². The van der Waals surface area contributed by atoms with Crippen LogP contribution in [0.15, 0.2) is 30.3 Å². The highest BCUT2D eigenvalue weighted by Gasteiger charge is 2.16. The van der Waals surface area contributed by atoms with Crippen LogP contribution in [0.3, 0.4) is 0 Å². The van der Waals surface area contributed by atoms with Gasteiger partial charge >= 0.3 is 0 Å². The third-order valence-electron chi connectivity index (χ3n) is 3.91. The fraction of sp³-hybridized carbons (Fsp3) is 0.263. The molecule has 25 heavy (non-hydrogen) atoms. The van der Waals surface area contributed by atoms with E-state index in [0.717, 1.165) is 11.1 Å². The molecule has 132 valence electrons. The van der Waals surface area contributed by atoms with Crippen molar-refractivity contribution >= 4 is 6.08 Å². The summed E-state index contributed by atoms with van der Waals surface area (Å²) in [5, 5.41) is 10.1. The first kappa shape index (κ1) is 16.8. The average molecular weight is 344 g/mol. The molecule has 0 unspecified atom stereocenters. The van der Waals surface area contributed by atoms with Crippen molar-refractivity contribution in [2.75, 3.05) is 28.1 Å². The van der Waals surface area contributed by atoms with Crippen molar-refractivity contribution in [1.29, 1.82) is 0 Å². The van der Waals surface area contributed by atoms with E-state index in [1.807, 2.05) is 24.3 Å². The van der Waals surface area contributed by atoms with Crippen LogP contribution in [0.25, 0.3) is 6.08 Å². The van der Waals surface area contributed by atoms with Gasteiger partial charge < -0.3 is 28.8 Å². The minimum atomic E-state index is 0.179. The van der Waals surface area contributed by atoms with Crippen molar-refractivity contribution in [3.8, 4) is 34.5 Å². The Morgan fingerprint density at radius 3 is 2.20 bits per heavy atom. The van der Waals surface area contributed by atoms with Gasteiger partial charge in [0.1, 0.15) is 5.75 Å². The van der Waals surface area contributed by atoms with E-state index in [0.29, 0.717) is 35.2 Å². The molecular formula is C19H20O6. The average Bonchev–Trinajstić information content (AvgIpc) is 3.07. The van der Waals surface area contributed by atoms with E-state index in [9.17, 15) is 5.11 Å². The molecule has 3 rings (SSSR count). The number of rotatable bonds is 6. The molecule has 0 saturated heterocycles. The summed E-state index contributed by atoms with van der Waals surface area (Å²) in [4.78, 5) is 0. The zero-order valence-corrected chi connectivity index (χ0v) is 14.4. The van der Waals surface area contributed by atoms with Gasteiger partial charge in [-0.05, 0) is 30.2 Å². The van der Waals surface area contributed by atoms with Crippen LogP contribution in [-0.2, 0) is 6.42 Å². The van der Waals surface area contributed by atoms with Gasteiger partial charge in [0.15, 0.2) is 23.0 Å². The largest absolute Gasteiger partial charge is 0.508 e. The minimum Gasteiger partial charge on any atom is -0.508 e. The van der Waals surface area contributed by atoms with Crippen LogP contribution < -0.4 is 23.7 Å². The fourth-order valence-electron chi connectivity index (χ4n) is 2.66. The molecule has 6 heteroatoms. The summed E-state index contributed by atoms with van der Waals surface area (Å²) < 4.78 is 26.6. The molecule has 0 radical (unpaired) electrons. The van der Waals surface area contributed by atoms with Crippen LogP contribution in [0.4, 0.5) is 0 Å². The maximum Gasteiger partial charge on any atom is 0.231 e. The number of hydrogen-bond acceptors (Lipinski definition) is 6. The topological polar surface area (TPSA) is 66.4 Å². The Hall–Kier alpha value is -3.02. The second-order valence-corrected chi connectivity index (χ2v) is 5.40. The summed E-state index contributed by atoms with van der Waals surface area (Å²) in [6.07, 6.45) is 4.41. The molecule has 2 aromatic rings. The van der Waals surface area contributed by atoms with Gasteiger partial charge in [-0.3, -0.25) is 0 Å². The number of phenols is 1. The molecule has 0 spiro atoms. The molecule has 0 bridgehead atoms. The molecule has 1 N–H and O–H groups in total. The Labute approximate surface area is 146 Å². The van der Waals surface area contributed by atoms with E-state index in [1.54, 1.807) is 33.5 Å². The monoisotopic (exact) mass is 344 g/mol. The number of ether oxygens (including phenoxy) is 5. The van der Waals surface area contributed by atoms with E-state index in [2.05, 4.69) is 0 Å². The molecule has 0 amide bonds. The molecule has 0 atom stereocenters. The van der Waals surface area contributed by atoms with Gasteiger partial charge in [-0.25, -0.2) is 0 Å². The van der Waals surface area contributed by atoms with Crippen molar-refractivity contribution in [2.45, 2.75) is 6.42 Å². The smallest absolute Gasteiger partial charge is 0.231 e. The maximum atomic E-state index is 10.1. The fourth-order valence-corrected chi connectivity index (χ4v) is 2.66. The summed E-state index contributed by atoms with van der Waals surface area (Å²) >= 11 is 0. The van der Waals surface area contributed by atoms with Crippen LogP contribution in [-0.4, -0.2) is 33.2 Å².